The maximum atomic E-state index is 12.2. The van der Waals surface area contributed by atoms with Gasteiger partial charge in [0.15, 0.2) is 0 Å². The van der Waals surface area contributed by atoms with E-state index in [2.05, 4.69) is 19.2 Å². The van der Waals surface area contributed by atoms with Gasteiger partial charge in [-0.2, -0.15) is 0 Å². The van der Waals surface area contributed by atoms with Gasteiger partial charge in [-0.1, -0.05) is 13.8 Å². The van der Waals surface area contributed by atoms with E-state index in [9.17, 15) is 9.59 Å². The Balaban J connectivity index is 4.57. The minimum atomic E-state index is -0.842. The zero-order valence-corrected chi connectivity index (χ0v) is 13.0. The smallest absolute Gasteiger partial charge is 0.318 e. The number of rotatable bonds is 7. The van der Waals surface area contributed by atoms with E-state index in [-0.39, 0.29) is 18.5 Å². The molecule has 0 aromatic carbocycles. The van der Waals surface area contributed by atoms with Gasteiger partial charge in [0.2, 0.25) is 0 Å². The number of urea groups is 1. The van der Waals surface area contributed by atoms with Gasteiger partial charge < -0.3 is 15.3 Å². The first kappa shape index (κ1) is 17.7. The van der Waals surface area contributed by atoms with Crippen LogP contribution in [0.2, 0.25) is 0 Å². The van der Waals surface area contributed by atoms with Crippen LogP contribution in [-0.4, -0.2) is 40.1 Å². The maximum Gasteiger partial charge on any atom is 0.318 e. The maximum absolute atomic E-state index is 12.2. The van der Waals surface area contributed by atoms with Gasteiger partial charge in [-0.3, -0.25) is 4.79 Å². The van der Waals surface area contributed by atoms with Gasteiger partial charge in [0, 0.05) is 24.5 Å². The summed E-state index contributed by atoms with van der Waals surface area (Å²) in [4.78, 5) is 24.6. The molecule has 19 heavy (non-hydrogen) atoms. The molecule has 0 fully saturated rings. The lowest BCUT2D eigenvalue weighted by atomic mass is 9.98. The Kier molecular flexibility index (Phi) is 6.87. The summed E-state index contributed by atoms with van der Waals surface area (Å²) in [5.74, 6) is -0.444. The molecule has 0 spiro atoms. The third-order valence-corrected chi connectivity index (χ3v) is 2.86. The molecule has 0 aliphatic heterocycles. The summed E-state index contributed by atoms with van der Waals surface area (Å²) in [6, 6.07) is -0.00300. The summed E-state index contributed by atoms with van der Waals surface area (Å²) in [5, 5.41) is 11.6. The zero-order chi connectivity index (χ0) is 15.2. The second kappa shape index (κ2) is 7.36. The molecule has 0 atom stereocenters. The predicted octanol–water partition coefficient (Wildman–Crippen LogP) is 2.71. The van der Waals surface area contributed by atoms with Gasteiger partial charge in [-0.25, -0.2) is 4.79 Å². The Labute approximate surface area is 116 Å². The van der Waals surface area contributed by atoms with Crippen molar-refractivity contribution in [1.82, 2.24) is 10.2 Å². The molecule has 0 rings (SSSR count). The van der Waals surface area contributed by atoms with Crippen LogP contribution in [0.15, 0.2) is 0 Å². The number of carbonyl (C=O) groups excluding carboxylic acids is 1. The van der Waals surface area contributed by atoms with Crippen molar-refractivity contribution in [3.8, 4) is 0 Å². The molecular formula is C14H28N2O3. The lowest BCUT2D eigenvalue weighted by molar-refractivity contribution is -0.137. The van der Waals surface area contributed by atoms with Crippen molar-refractivity contribution in [2.75, 3.05) is 6.54 Å². The number of aliphatic carboxylic acids is 1. The monoisotopic (exact) mass is 272 g/mol. The third kappa shape index (κ3) is 7.70. The fourth-order valence-corrected chi connectivity index (χ4v) is 1.76. The highest BCUT2D eigenvalue weighted by Gasteiger charge is 2.26. The Bertz CT molecular complexity index is 312. The van der Waals surface area contributed by atoms with Gasteiger partial charge in [0.1, 0.15) is 0 Å². The Morgan fingerprint density at radius 3 is 2.11 bits per heavy atom. The molecule has 0 bridgehead atoms. The second-order valence-electron chi connectivity index (χ2n) is 6.35. The summed E-state index contributed by atoms with van der Waals surface area (Å²) < 4.78 is 0. The van der Waals surface area contributed by atoms with E-state index in [1.165, 1.54) is 0 Å². The van der Waals surface area contributed by atoms with Crippen molar-refractivity contribution in [1.29, 1.82) is 0 Å². The highest BCUT2D eigenvalue weighted by molar-refractivity contribution is 5.75. The molecule has 0 saturated carbocycles. The van der Waals surface area contributed by atoms with Gasteiger partial charge in [0.25, 0.3) is 0 Å². The van der Waals surface area contributed by atoms with Crippen LogP contribution in [0.25, 0.3) is 0 Å². The van der Waals surface area contributed by atoms with Crippen LogP contribution in [0.5, 0.6) is 0 Å². The van der Waals surface area contributed by atoms with Gasteiger partial charge in [0.05, 0.1) is 0 Å². The summed E-state index contributed by atoms with van der Waals surface area (Å²) >= 11 is 0. The highest BCUT2D eigenvalue weighted by Crippen LogP contribution is 2.13. The highest BCUT2D eigenvalue weighted by atomic mass is 16.4. The van der Waals surface area contributed by atoms with E-state index < -0.39 is 11.5 Å². The van der Waals surface area contributed by atoms with Crippen LogP contribution in [0.4, 0.5) is 4.79 Å². The van der Waals surface area contributed by atoms with E-state index in [1.54, 1.807) is 4.90 Å². The number of carboxylic acid groups (broad SMARTS) is 1. The number of hydrogen-bond donors (Lipinski definition) is 2. The average molecular weight is 272 g/mol. The largest absolute Gasteiger partial charge is 0.481 e. The lowest BCUT2D eigenvalue weighted by Crippen LogP contribution is -2.53. The number of nitrogens with zero attached hydrogens (tertiary/aromatic N) is 1. The summed E-state index contributed by atoms with van der Waals surface area (Å²) in [6.07, 6.45) is 0.473. The van der Waals surface area contributed by atoms with E-state index in [4.69, 9.17) is 5.11 Å². The number of amides is 2. The van der Waals surface area contributed by atoms with Crippen molar-refractivity contribution in [2.45, 2.75) is 66.0 Å². The molecule has 0 unspecified atom stereocenters. The van der Waals surface area contributed by atoms with Crippen molar-refractivity contribution >= 4 is 12.0 Å². The summed E-state index contributed by atoms with van der Waals surface area (Å²) in [6.45, 7) is 12.5. The standard InChI is InChI=1S/C14H28N2O3/c1-10(2)9-16(11(3)4)13(19)15-14(5,6)8-7-12(17)18/h10-11H,7-9H2,1-6H3,(H,15,19)(H,17,18). The second-order valence-corrected chi connectivity index (χ2v) is 6.35. The average Bonchev–Trinajstić information content (AvgIpc) is 2.22. The van der Waals surface area contributed by atoms with Crippen LogP contribution in [0.3, 0.4) is 0 Å². The molecule has 0 aliphatic carbocycles. The molecule has 5 nitrogen and oxygen atoms in total. The molecule has 0 heterocycles. The van der Waals surface area contributed by atoms with Crippen LogP contribution in [-0.2, 0) is 4.79 Å². The molecule has 0 aromatic heterocycles. The topological polar surface area (TPSA) is 69.6 Å². The molecule has 2 amide bonds. The lowest BCUT2D eigenvalue weighted by Gasteiger charge is -2.34. The van der Waals surface area contributed by atoms with Gasteiger partial charge >= 0.3 is 12.0 Å². The van der Waals surface area contributed by atoms with Crippen molar-refractivity contribution in [3.05, 3.63) is 0 Å². The van der Waals surface area contributed by atoms with E-state index in [0.29, 0.717) is 18.9 Å². The quantitative estimate of drug-likeness (QED) is 0.748. The van der Waals surface area contributed by atoms with Crippen LogP contribution in [0.1, 0.15) is 54.4 Å². The Morgan fingerprint density at radius 1 is 1.21 bits per heavy atom. The number of nitrogens with one attached hydrogen (secondary N) is 1. The first-order valence-electron chi connectivity index (χ1n) is 6.85. The van der Waals surface area contributed by atoms with Gasteiger partial charge in [-0.15, -0.1) is 0 Å². The minimum absolute atomic E-state index is 0.0547. The SMILES string of the molecule is CC(C)CN(C(=O)NC(C)(C)CCC(=O)O)C(C)C. The fraction of sp³-hybridized carbons (Fsp3) is 0.857. The van der Waals surface area contributed by atoms with Crippen LogP contribution >= 0.6 is 0 Å². The van der Waals surface area contributed by atoms with Crippen molar-refractivity contribution < 1.29 is 14.7 Å². The molecule has 5 heteroatoms. The number of carboxylic acids is 1. The molecule has 112 valence electrons. The number of carbonyl (C=O) groups is 2. The van der Waals surface area contributed by atoms with E-state index >= 15 is 0 Å². The molecule has 0 aromatic rings. The van der Waals surface area contributed by atoms with E-state index in [1.807, 2.05) is 27.7 Å². The van der Waals surface area contributed by atoms with Crippen LogP contribution < -0.4 is 5.32 Å². The minimum Gasteiger partial charge on any atom is -0.481 e. The first-order valence-corrected chi connectivity index (χ1v) is 6.85. The summed E-state index contributed by atoms with van der Waals surface area (Å²) in [7, 11) is 0. The molecule has 0 saturated heterocycles. The summed E-state index contributed by atoms with van der Waals surface area (Å²) in [5.41, 5.74) is -0.514. The first-order chi connectivity index (χ1) is 8.55. The Hall–Kier alpha value is -1.26. The fourth-order valence-electron chi connectivity index (χ4n) is 1.76. The van der Waals surface area contributed by atoms with E-state index in [0.717, 1.165) is 0 Å². The van der Waals surface area contributed by atoms with Crippen molar-refractivity contribution in [3.63, 3.8) is 0 Å². The molecular weight excluding hydrogens is 244 g/mol. The Morgan fingerprint density at radius 2 is 1.74 bits per heavy atom. The molecule has 0 aliphatic rings. The van der Waals surface area contributed by atoms with Crippen LogP contribution in [0, 0.1) is 5.92 Å². The zero-order valence-electron chi connectivity index (χ0n) is 13.0. The molecule has 0 radical (unpaired) electrons. The predicted molar refractivity (Wildman–Crippen MR) is 76.2 cm³/mol. The molecule has 2 N–H and O–H groups in total. The normalized spacial score (nSPS) is 11.8. The third-order valence-electron chi connectivity index (χ3n) is 2.86. The van der Waals surface area contributed by atoms with Crippen molar-refractivity contribution in [2.24, 2.45) is 5.92 Å². The number of hydrogen-bond acceptors (Lipinski definition) is 2. The van der Waals surface area contributed by atoms with Gasteiger partial charge in [-0.05, 0) is 40.0 Å².